The molecule has 1 atom stereocenters. The quantitative estimate of drug-likeness (QED) is 0.771. The third-order valence-electron chi connectivity index (χ3n) is 4.87. The van der Waals surface area contributed by atoms with Gasteiger partial charge in [-0.15, -0.1) is 0 Å². The summed E-state index contributed by atoms with van der Waals surface area (Å²) in [5.74, 6) is 0.682. The SMILES string of the molecule is C=Cc1ccc(OC)c(CC(=O)N(C)[C@@H]2CCCN(C(=O)OC(C)(C)C)C2)c1. The van der Waals surface area contributed by atoms with Crippen LogP contribution in [-0.2, 0) is 16.0 Å². The van der Waals surface area contributed by atoms with E-state index in [0.717, 1.165) is 24.0 Å². The van der Waals surface area contributed by atoms with Gasteiger partial charge in [0, 0.05) is 31.7 Å². The lowest BCUT2D eigenvalue weighted by Crippen LogP contribution is -2.51. The number of piperidine rings is 1. The first kappa shape index (κ1) is 21.8. The first-order valence-corrected chi connectivity index (χ1v) is 9.67. The van der Waals surface area contributed by atoms with Crippen molar-refractivity contribution in [2.75, 3.05) is 27.2 Å². The highest BCUT2D eigenvalue weighted by molar-refractivity contribution is 5.80. The maximum atomic E-state index is 12.9. The topological polar surface area (TPSA) is 59.1 Å². The molecule has 0 aromatic heterocycles. The first-order valence-electron chi connectivity index (χ1n) is 9.67. The van der Waals surface area contributed by atoms with Crippen LogP contribution in [0.25, 0.3) is 6.08 Å². The summed E-state index contributed by atoms with van der Waals surface area (Å²) in [5.41, 5.74) is 1.25. The zero-order valence-corrected chi connectivity index (χ0v) is 17.7. The maximum Gasteiger partial charge on any atom is 0.410 e. The second kappa shape index (κ2) is 9.13. The van der Waals surface area contributed by atoms with Crippen molar-refractivity contribution in [2.45, 2.75) is 51.7 Å². The summed E-state index contributed by atoms with van der Waals surface area (Å²) in [6.45, 7) is 10.5. The smallest absolute Gasteiger partial charge is 0.410 e. The molecule has 1 fully saturated rings. The molecule has 0 saturated carbocycles. The van der Waals surface area contributed by atoms with Gasteiger partial charge in [0.05, 0.1) is 13.5 Å². The summed E-state index contributed by atoms with van der Waals surface area (Å²) in [6.07, 6.45) is 3.38. The van der Waals surface area contributed by atoms with Crippen molar-refractivity contribution in [3.05, 3.63) is 35.9 Å². The number of rotatable bonds is 5. The molecule has 1 aromatic carbocycles. The minimum Gasteiger partial charge on any atom is -0.496 e. The van der Waals surface area contributed by atoms with Gasteiger partial charge in [0.15, 0.2) is 0 Å². The fourth-order valence-corrected chi connectivity index (χ4v) is 3.32. The Morgan fingerprint density at radius 1 is 1.36 bits per heavy atom. The first-order chi connectivity index (χ1) is 13.1. The van der Waals surface area contributed by atoms with Gasteiger partial charge in [-0.05, 0) is 51.3 Å². The van der Waals surface area contributed by atoms with Crippen LogP contribution in [-0.4, -0.2) is 60.7 Å². The summed E-state index contributed by atoms with van der Waals surface area (Å²) in [7, 11) is 3.40. The molecule has 1 aliphatic heterocycles. The van der Waals surface area contributed by atoms with Crippen molar-refractivity contribution in [3.63, 3.8) is 0 Å². The van der Waals surface area contributed by atoms with Gasteiger partial charge in [0.2, 0.25) is 5.91 Å². The average molecular weight is 389 g/mol. The predicted molar refractivity (Wildman–Crippen MR) is 110 cm³/mol. The molecule has 0 radical (unpaired) electrons. The molecule has 2 rings (SSSR count). The number of hydrogen-bond acceptors (Lipinski definition) is 4. The molecule has 0 N–H and O–H groups in total. The number of benzene rings is 1. The Bertz CT molecular complexity index is 724. The van der Waals surface area contributed by atoms with Crippen molar-refractivity contribution in [3.8, 4) is 5.75 Å². The highest BCUT2D eigenvalue weighted by Gasteiger charge is 2.31. The van der Waals surface area contributed by atoms with E-state index in [1.807, 2.05) is 39.0 Å². The molecule has 1 aliphatic rings. The van der Waals surface area contributed by atoms with E-state index in [4.69, 9.17) is 9.47 Å². The van der Waals surface area contributed by atoms with Gasteiger partial charge in [-0.1, -0.05) is 18.7 Å². The second-order valence-corrected chi connectivity index (χ2v) is 8.18. The van der Waals surface area contributed by atoms with Crippen LogP contribution in [0.4, 0.5) is 4.79 Å². The van der Waals surface area contributed by atoms with Crippen LogP contribution >= 0.6 is 0 Å². The van der Waals surface area contributed by atoms with Gasteiger partial charge < -0.3 is 19.3 Å². The predicted octanol–water partition coefficient (Wildman–Crippen LogP) is 3.74. The van der Waals surface area contributed by atoms with Crippen molar-refractivity contribution in [1.82, 2.24) is 9.80 Å². The van der Waals surface area contributed by atoms with Gasteiger partial charge in [0.25, 0.3) is 0 Å². The summed E-state index contributed by atoms with van der Waals surface area (Å²) in [6, 6.07) is 5.65. The fourth-order valence-electron chi connectivity index (χ4n) is 3.32. The monoisotopic (exact) mass is 388 g/mol. The lowest BCUT2D eigenvalue weighted by atomic mass is 10.0. The van der Waals surface area contributed by atoms with E-state index in [2.05, 4.69) is 6.58 Å². The third kappa shape index (κ3) is 5.75. The van der Waals surface area contributed by atoms with E-state index >= 15 is 0 Å². The second-order valence-electron chi connectivity index (χ2n) is 8.18. The molecule has 0 spiro atoms. The molecule has 154 valence electrons. The standard InChI is InChI=1S/C22H32N2O4/c1-7-16-10-11-19(27-6)17(13-16)14-20(25)23(5)18-9-8-12-24(15-18)21(26)28-22(2,3)4/h7,10-11,13,18H,1,8-9,12,14-15H2,2-6H3/t18-/m1/s1. The van der Waals surface area contributed by atoms with Gasteiger partial charge in [-0.2, -0.15) is 0 Å². The molecule has 2 amide bonds. The minimum atomic E-state index is -0.529. The molecule has 6 nitrogen and oxygen atoms in total. The van der Waals surface area contributed by atoms with Crippen molar-refractivity contribution >= 4 is 18.1 Å². The van der Waals surface area contributed by atoms with Crippen LogP contribution in [0.3, 0.4) is 0 Å². The van der Waals surface area contributed by atoms with Gasteiger partial charge in [-0.25, -0.2) is 4.79 Å². The average Bonchev–Trinajstić information content (AvgIpc) is 2.66. The van der Waals surface area contributed by atoms with E-state index in [1.165, 1.54) is 0 Å². The summed E-state index contributed by atoms with van der Waals surface area (Å²) >= 11 is 0. The van der Waals surface area contributed by atoms with Gasteiger partial charge >= 0.3 is 6.09 Å². The largest absolute Gasteiger partial charge is 0.496 e. The molecule has 0 unspecified atom stereocenters. The maximum absolute atomic E-state index is 12.9. The van der Waals surface area contributed by atoms with E-state index in [1.54, 1.807) is 30.0 Å². The Balaban J connectivity index is 2.04. The fraction of sp³-hybridized carbons (Fsp3) is 0.545. The minimum absolute atomic E-state index is 0.00412. The van der Waals surface area contributed by atoms with Crippen LogP contribution in [0, 0.1) is 0 Å². The van der Waals surface area contributed by atoms with E-state index in [-0.39, 0.29) is 24.5 Å². The Hall–Kier alpha value is -2.50. The lowest BCUT2D eigenvalue weighted by molar-refractivity contribution is -0.132. The lowest BCUT2D eigenvalue weighted by Gasteiger charge is -2.38. The number of methoxy groups -OCH3 is 1. The van der Waals surface area contributed by atoms with E-state index < -0.39 is 5.60 Å². The Labute approximate surface area is 168 Å². The Kier molecular flexibility index (Phi) is 7.11. The summed E-state index contributed by atoms with van der Waals surface area (Å²) < 4.78 is 10.9. The van der Waals surface area contributed by atoms with Crippen molar-refractivity contribution in [2.24, 2.45) is 0 Å². The van der Waals surface area contributed by atoms with Gasteiger partial charge in [-0.3, -0.25) is 4.79 Å². The number of carbonyl (C=O) groups excluding carboxylic acids is 2. The molecule has 1 saturated heterocycles. The molecule has 1 aromatic rings. The van der Waals surface area contributed by atoms with Crippen LogP contribution in [0.2, 0.25) is 0 Å². The normalized spacial score (nSPS) is 17.0. The summed E-state index contributed by atoms with van der Waals surface area (Å²) in [5, 5.41) is 0. The molecular formula is C22H32N2O4. The van der Waals surface area contributed by atoms with Crippen molar-refractivity contribution < 1.29 is 19.1 Å². The van der Waals surface area contributed by atoms with E-state index in [0.29, 0.717) is 18.8 Å². The van der Waals surface area contributed by atoms with Crippen LogP contribution in [0.1, 0.15) is 44.7 Å². The number of ether oxygens (including phenoxy) is 2. The van der Waals surface area contributed by atoms with E-state index in [9.17, 15) is 9.59 Å². The third-order valence-corrected chi connectivity index (χ3v) is 4.87. The number of carbonyl (C=O) groups is 2. The molecule has 0 aliphatic carbocycles. The van der Waals surface area contributed by atoms with Crippen molar-refractivity contribution in [1.29, 1.82) is 0 Å². The highest BCUT2D eigenvalue weighted by atomic mass is 16.6. The molecule has 28 heavy (non-hydrogen) atoms. The number of likely N-dealkylation sites (tertiary alicyclic amines) is 1. The van der Waals surface area contributed by atoms with Crippen LogP contribution in [0.15, 0.2) is 24.8 Å². The zero-order chi connectivity index (χ0) is 20.9. The van der Waals surface area contributed by atoms with Gasteiger partial charge in [0.1, 0.15) is 11.4 Å². The highest BCUT2D eigenvalue weighted by Crippen LogP contribution is 2.23. The molecule has 6 heteroatoms. The molecule has 0 bridgehead atoms. The molecule has 1 heterocycles. The number of hydrogen-bond donors (Lipinski definition) is 0. The number of nitrogens with zero attached hydrogens (tertiary/aromatic N) is 2. The van der Waals surface area contributed by atoms with Crippen LogP contribution in [0.5, 0.6) is 5.75 Å². The Morgan fingerprint density at radius 3 is 2.68 bits per heavy atom. The molecular weight excluding hydrogens is 356 g/mol. The van der Waals surface area contributed by atoms with Crippen LogP contribution < -0.4 is 4.74 Å². The number of likely N-dealkylation sites (N-methyl/N-ethyl adjacent to an activating group) is 1. The number of amides is 2. The Morgan fingerprint density at radius 2 is 2.07 bits per heavy atom. The zero-order valence-electron chi connectivity index (χ0n) is 17.7. The summed E-state index contributed by atoms with van der Waals surface area (Å²) in [4.78, 5) is 28.7.